The Morgan fingerprint density at radius 2 is 1.87 bits per heavy atom. The number of para-hydroxylation sites is 1. The molecular weight excluding hydrogens is 286 g/mol. The van der Waals surface area contributed by atoms with E-state index < -0.39 is 5.72 Å². The van der Waals surface area contributed by atoms with Crippen LogP contribution in [0.25, 0.3) is 6.08 Å². The van der Waals surface area contributed by atoms with Gasteiger partial charge < -0.3 is 14.4 Å². The molecule has 1 unspecified atom stereocenters. The van der Waals surface area contributed by atoms with Gasteiger partial charge in [-0.15, -0.1) is 0 Å². The summed E-state index contributed by atoms with van der Waals surface area (Å²) in [5.41, 5.74) is 2.80. The standard InChI is InChI=1S/C20H21NO2/c1-19(2)16-13-15(22-4)9-10-17(16)21(3)20(19)12-11-14-7-5-6-8-18(14)23-20/h5-13H,1-4H3. The molecule has 0 radical (unpaired) electrons. The molecule has 118 valence electrons. The molecule has 2 aromatic carbocycles. The first kappa shape index (κ1) is 14.2. The van der Waals surface area contributed by atoms with Gasteiger partial charge in [0, 0.05) is 18.3 Å². The predicted octanol–water partition coefficient (Wildman–Crippen LogP) is 4.22. The van der Waals surface area contributed by atoms with E-state index in [0.29, 0.717) is 0 Å². The van der Waals surface area contributed by atoms with Crippen LogP contribution in [0.4, 0.5) is 5.69 Å². The number of hydrogen-bond acceptors (Lipinski definition) is 3. The number of nitrogens with zero attached hydrogens (tertiary/aromatic N) is 1. The van der Waals surface area contributed by atoms with E-state index in [0.717, 1.165) is 17.1 Å². The van der Waals surface area contributed by atoms with Crippen LogP contribution in [0, 0.1) is 0 Å². The van der Waals surface area contributed by atoms with Crippen LogP contribution in [0.15, 0.2) is 48.5 Å². The van der Waals surface area contributed by atoms with Crippen molar-refractivity contribution in [2.45, 2.75) is 25.0 Å². The molecule has 3 nitrogen and oxygen atoms in total. The first-order valence-corrected chi connectivity index (χ1v) is 7.89. The third-order valence-corrected chi connectivity index (χ3v) is 5.31. The van der Waals surface area contributed by atoms with E-state index in [4.69, 9.17) is 9.47 Å². The third-order valence-electron chi connectivity index (χ3n) is 5.31. The minimum absolute atomic E-state index is 0.213. The Morgan fingerprint density at radius 3 is 2.65 bits per heavy atom. The average Bonchev–Trinajstić information content (AvgIpc) is 2.73. The second-order valence-corrected chi connectivity index (χ2v) is 6.74. The molecular formula is C20H21NO2. The van der Waals surface area contributed by atoms with E-state index in [9.17, 15) is 0 Å². The van der Waals surface area contributed by atoms with Crippen molar-refractivity contribution in [3.63, 3.8) is 0 Å². The third kappa shape index (κ3) is 1.70. The van der Waals surface area contributed by atoms with Crippen LogP contribution < -0.4 is 14.4 Å². The van der Waals surface area contributed by atoms with Gasteiger partial charge in [0.25, 0.3) is 0 Å². The Balaban J connectivity index is 1.89. The van der Waals surface area contributed by atoms with E-state index in [1.807, 2.05) is 24.3 Å². The fraction of sp³-hybridized carbons (Fsp3) is 0.300. The highest BCUT2D eigenvalue weighted by molar-refractivity contribution is 5.72. The topological polar surface area (TPSA) is 21.7 Å². The minimum Gasteiger partial charge on any atom is -0.497 e. The molecule has 1 atom stereocenters. The Bertz CT molecular complexity index is 809. The van der Waals surface area contributed by atoms with Gasteiger partial charge in [-0.2, -0.15) is 0 Å². The molecule has 0 N–H and O–H groups in total. The Morgan fingerprint density at radius 1 is 1.09 bits per heavy atom. The van der Waals surface area contributed by atoms with Crippen LogP contribution in [-0.2, 0) is 5.41 Å². The number of likely N-dealkylation sites (N-methyl/N-ethyl adjacent to an activating group) is 1. The lowest BCUT2D eigenvalue weighted by atomic mass is 9.76. The fourth-order valence-electron chi connectivity index (χ4n) is 3.86. The van der Waals surface area contributed by atoms with Crippen molar-refractivity contribution in [2.75, 3.05) is 19.1 Å². The summed E-state index contributed by atoms with van der Waals surface area (Å²) in [5.74, 6) is 1.80. The maximum absolute atomic E-state index is 6.56. The van der Waals surface area contributed by atoms with Crippen molar-refractivity contribution in [3.05, 3.63) is 59.7 Å². The summed E-state index contributed by atoms with van der Waals surface area (Å²) >= 11 is 0. The fourth-order valence-corrected chi connectivity index (χ4v) is 3.86. The summed E-state index contributed by atoms with van der Waals surface area (Å²) in [5, 5.41) is 0. The van der Waals surface area contributed by atoms with Crippen molar-refractivity contribution in [3.8, 4) is 11.5 Å². The molecule has 0 saturated heterocycles. The number of methoxy groups -OCH3 is 1. The Labute approximate surface area is 137 Å². The molecule has 3 heteroatoms. The zero-order chi connectivity index (χ0) is 16.2. The smallest absolute Gasteiger partial charge is 0.211 e. The van der Waals surface area contributed by atoms with Gasteiger partial charge in [0.2, 0.25) is 5.72 Å². The maximum Gasteiger partial charge on any atom is 0.211 e. The van der Waals surface area contributed by atoms with Gasteiger partial charge in [-0.3, -0.25) is 0 Å². The first-order chi connectivity index (χ1) is 11.0. The lowest BCUT2D eigenvalue weighted by molar-refractivity contribution is 0.0581. The maximum atomic E-state index is 6.56. The predicted molar refractivity (Wildman–Crippen MR) is 93.3 cm³/mol. The van der Waals surface area contributed by atoms with Crippen LogP contribution in [0.5, 0.6) is 11.5 Å². The van der Waals surface area contributed by atoms with E-state index in [-0.39, 0.29) is 5.41 Å². The molecule has 0 fully saturated rings. The minimum atomic E-state index is -0.532. The highest BCUT2D eigenvalue weighted by Gasteiger charge is 2.57. The summed E-state index contributed by atoms with van der Waals surface area (Å²) in [6.45, 7) is 4.46. The molecule has 4 rings (SSSR count). The van der Waals surface area contributed by atoms with E-state index in [1.54, 1.807) is 7.11 Å². The Hall–Kier alpha value is -2.42. The normalized spacial score (nSPS) is 23.4. The highest BCUT2D eigenvalue weighted by Crippen LogP contribution is 2.54. The first-order valence-electron chi connectivity index (χ1n) is 7.89. The number of anilines is 1. The van der Waals surface area contributed by atoms with Crippen LogP contribution in [0.2, 0.25) is 0 Å². The van der Waals surface area contributed by atoms with Crippen molar-refractivity contribution < 1.29 is 9.47 Å². The Kier molecular flexibility index (Phi) is 2.80. The van der Waals surface area contributed by atoms with E-state index in [2.05, 4.69) is 56.1 Å². The summed E-state index contributed by atoms with van der Waals surface area (Å²) in [7, 11) is 3.80. The number of ether oxygens (including phenoxy) is 2. The molecule has 2 aliphatic heterocycles. The summed E-state index contributed by atoms with van der Waals surface area (Å²) in [4.78, 5) is 2.23. The summed E-state index contributed by atoms with van der Waals surface area (Å²) in [6.07, 6.45) is 4.35. The van der Waals surface area contributed by atoms with Gasteiger partial charge >= 0.3 is 0 Å². The lowest BCUT2D eigenvalue weighted by Crippen LogP contribution is -2.58. The second-order valence-electron chi connectivity index (χ2n) is 6.74. The van der Waals surface area contributed by atoms with Gasteiger partial charge in [0.05, 0.1) is 12.5 Å². The molecule has 2 heterocycles. The molecule has 2 aliphatic rings. The largest absolute Gasteiger partial charge is 0.497 e. The number of benzene rings is 2. The summed E-state index contributed by atoms with van der Waals surface area (Å²) < 4.78 is 12.0. The quantitative estimate of drug-likeness (QED) is 0.787. The van der Waals surface area contributed by atoms with Crippen molar-refractivity contribution in [1.82, 2.24) is 0 Å². The average molecular weight is 307 g/mol. The van der Waals surface area contributed by atoms with Gasteiger partial charge in [-0.05, 0) is 55.8 Å². The second kappa shape index (κ2) is 4.54. The van der Waals surface area contributed by atoms with Crippen LogP contribution >= 0.6 is 0 Å². The van der Waals surface area contributed by atoms with Crippen molar-refractivity contribution >= 4 is 11.8 Å². The van der Waals surface area contributed by atoms with Gasteiger partial charge in [-0.1, -0.05) is 18.2 Å². The number of fused-ring (bicyclic) bond motifs is 2. The molecule has 23 heavy (non-hydrogen) atoms. The van der Waals surface area contributed by atoms with E-state index in [1.165, 1.54) is 11.3 Å². The van der Waals surface area contributed by atoms with Crippen LogP contribution in [-0.4, -0.2) is 19.9 Å². The monoisotopic (exact) mass is 307 g/mol. The number of hydrogen-bond donors (Lipinski definition) is 0. The van der Waals surface area contributed by atoms with Crippen molar-refractivity contribution in [2.24, 2.45) is 0 Å². The zero-order valence-corrected chi connectivity index (χ0v) is 14.0. The molecule has 0 amide bonds. The van der Waals surface area contributed by atoms with Crippen LogP contribution in [0.3, 0.4) is 0 Å². The molecule has 2 aromatic rings. The molecule has 0 aliphatic carbocycles. The SMILES string of the molecule is COc1ccc2c(c1)C(C)(C)C1(C=Cc3ccccc3O1)N2C. The molecule has 0 saturated carbocycles. The van der Waals surface area contributed by atoms with Gasteiger partial charge in [0.1, 0.15) is 11.5 Å². The van der Waals surface area contributed by atoms with E-state index >= 15 is 0 Å². The number of rotatable bonds is 1. The van der Waals surface area contributed by atoms with Gasteiger partial charge in [-0.25, -0.2) is 0 Å². The van der Waals surface area contributed by atoms with Crippen LogP contribution in [0.1, 0.15) is 25.0 Å². The molecule has 0 bridgehead atoms. The summed E-state index contributed by atoms with van der Waals surface area (Å²) in [6, 6.07) is 14.4. The zero-order valence-electron chi connectivity index (χ0n) is 14.0. The lowest BCUT2D eigenvalue weighted by Gasteiger charge is -2.45. The molecule has 0 aromatic heterocycles. The molecule has 1 spiro atoms. The highest BCUT2D eigenvalue weighted by atomic mass is 16.5. The van der Waals surface area contributed by atoms with Gasteiger partial charge in [0.15, 0.2) is 0 Å². The van der Waals surface area contributed by atoms with Crippen molar-refractivity contribution in [1.29, 1.82) is 0 Å².